The Morgan fingerprint density at radius 2 is 2.03 bits per heavy atom. The Balaban J connectivity index is 1.48. The molecule has 2 unspecified atom stereocenters. The van der Waals surface area contributed by atoms with Crippen molar-refractivity contribution in [3.05, 3.63) is 29.6 Å². The minimum atomic E-state index is -0.296. The zero-order valence-electron chi connectivity index (χ0n) is 18.4. The topological polar surface area (TPSA) is 48.9 Å². The maximum Gasteiger partial charge on any atom is 0.191 e. The van der Waals surface area contributed by atoms with Crippen LogP contribution in [0.25, 0.3) is 0 Å². The molecule has 1 saturated heterocycles. The first-order valence-corrected chi connectivity index (χ1v) is 11.1. The molecule has 0 aromatic heterocycles. The van der Waals surface area contributed by atoms with Crippen molar-refractivity contribution < 1.29 is 9.13 Å². The molecule has 2 atom stereocenters. The Bertz CT molecular complexity index is 689. The third-order valence-electron chi connectivity index (χ3n) is 6.04. The lowest BCUT2D eigenvalue weighted by Gasteiger charge is -2.35. The summed E-state index contributed by atoms with van der Waals surface area (Å²) in [5.41, 5.74) is 0.882. The molecule has 2 N–H and O–H groups in total. The fraction of sp³-hybridized carbons (Fsp3) is 0.696. The van der Waals surface area contributed by atoms with Gasteiger partial charge in [0.15, 0.2) is 17.5 Å². The lowest BCUT2D eigenvalue weighted by atomic mass is 9.97. The van der Waals surface area contributed by atoms with Crippen LogP contribution >= 0.6 is 0 Å². The molecule has 3 rings (SSSR count). The number of piperidine rings is 1. The number of rotatable bonds is 8. The summed E-state index contributed by atoms with van der Waals surface area (Å²) in [5.74, 6) is 2.05. The van der Waals surface area contributed by atoms with Crippen molar-refractivity contribution >= 4 is 5.96 Å². The SMILES string of the molecule is CN=C(NCC1CCCN(C(C)C)C1)NC(C)c1ccc(OCC2CC2)c(F)c1. The molecule has 2 aliphatic rings. The van der Waals surface area contributed by atoms with Crippen molar-refractivity contribution in [2.75, 3.05) is 33.3 Å². The summed E-state index contributed by atoms with van der Waals surface area (Å²) in [6.07, 6.45) is 4.89. The van der Waals surface area contributed by atoms with E-state index in [1.54, 1.807) is 19.2 Å². The van der Waals surface area contributed by atoms with Crippen LogP contribution in [0.5, 0.6) is 5.75 Å². The van der Waals surface area contributed by atoms with E-state index in [1.807, 2.05) is 13.0 Å². The van der Waals surface area contributed by atoms with E-state index in [4.69, 9.17) is 4.74 Å². The van der Waals surface area contributed by atoms with Crippen LogP contribution < -0.4 is 15.4 Å². The third kappa shape index (κ3) is 6.59. The number of ether oxygens (including phenoxy) is 1. The lowest BCUT2D eigenvalue weighted by Crippen LogP contribution is -2.46. The third-order valence-corrected chi connectivity index (χ3v) is 6.04. The van der Waals surface area contributed by atoms with Crippen molar-refractivity contribution in [2.45, 2.75) is 58.5 Å². The molecule has 0 radical (unpaired) electrons. The Hall–Kier alpha value is -1.82. The summed E-state index contributed by atoms with van der Waals surface area (Å²) >= 11 is 0. The monoisotopic (exact) mass is 404 g/mol. The van der Waals surface area contributed by atoms with Gasteiger partial charge in [0.1, 0.15) is 0 Å². The Labute approximate surface area is 175 Å². The van der Waals surface area contributed by atoms with E-state index in [2.05, 4.69) is 34.4 Å². The van der Waals surface area contributed by atoms with Gasteiger partial charge in [-0.1, -0.05) is 6.07 Å². The fourth-order valence-corrected chi connectivity index (χ4v) is 3.85. The molecule has 2 fully saturated rings. The standard InChI is InChI=1S/C23H37FN4O/c1-16(2)28-11-5-6-19(14-28)13-26-23(25-4)27-17(3)20-9-10-22(21(24)12-20)29-15-18-7-8-18/h9-10,12,16-19H,5-8,11,13-15H2,1-4H3,(H2,25,26,27). The highest BCUT2D eigenvalue weighted by atomic mass is 19.1. The van der Waals surface area contributed by atoms with E-state index in [0.717, 1.165) is 24.6 Å². The number of hydrogen-bond acceptors (Lipinski definition) is 3. The van der Waals surface area contributed by atoms with Crippen molar-refractivity contribution in [3.8, 4) is 5.75 Å². The van der Waals surface area contributed by atoms with E-state index >= 15 is 0 Å². The summed E-state index contributed by atoms with van der Waals surface area (Å²) < 4.78 is 20.0. The van der Waals surface area contributed by atoms with Crippen molar-refractivity contribution in [1.82, 2.24) is 15.5 Å². The molecule has 0 spiro atoms. The Kier molecular flexibility index (Phi) is 7.76. The molecule has 29 heavy (non-hydrogen) atoms. The van der Waals surface area contributed by atoms with Crippen molar-refractivity contribution in [3.63, 3.8) is 0 Å². The van der Waals surface area contributed by atoms with Crippen LogP contribution in [0.15, 0.2) is 23.2 Å². The van der Waals surface area contributed by atoms with E-state index in [0.29, 0.717) is 30.2 Å². The number of benzene rings is 1. The van der Waals surface area contributed by atoms with Gasteiger partial charge in [-0.15, -0.1) is 0 Å². The molecule has 5 nitrogen and oxygen atoms in total. The fourth-order valence-electron chi connectivity index (χ4n) is 3.85. The zero-order chi connectivity index (χ0) is 20.8. The molecule has 1 heterocycles. The van der Waals surface area contributed by atoms with Gasteiger partial charge in [0, 0.05) is 26.2 Å². The number of guanidine groups is 1. The molecule has 0 bridgehead atoms. The van der Waals surface area contributed by atoms with E-state index in [-0.39, 0.29) is 11.9 Å². The lowest BCUT2D eigenvalue weighted by molar-refractivity contribution is 0.141. The summed E-state index contributed by atoms with van der Waals surface area (Å²) in [5, 5.41) is 6.84. The average Bonchev–Trinajstić information content (AvgIpc) is 3.54. The number of nitrogens with one attached hydrogen (secondary N) is 2. The molecular weight excluding hydrogens is 367 g/mol. The molecule has 162 valence electrons. The number of likely N-dealkylation sites (tertiary alicyclic amines) is 1. The summed E-state index contributed by atoms with van der Waals surface area (Å²) in [6.45, 7) is 10.4. The summed E-state index contributed by atoms with van der Waals surface area (Å²) in [4.78, 5) is 6.90. The van der Waals surface area contributed by atoms with Gasteiger partial charge in [-0.05, 0) is 82.5 Å². The molecule has 6 heteroatoms. The second-order valence-electron chi connectivity index (χ2n) is 8.86. The largest absolute Gasteiger partial charge is 0.490 e. The normalized spacial score (nSPS) is 21.9. The van der Waals surface area contributed by atoms with Gasteiger partial charge < -0.3 is 20.3 Å². The van der Waals surface area contributed by atoms with Gasteiger partial charge in [-0.25, -0.2) is 4.39 Å². The van der Waals surface area contributed by atoms with Gasteiger partial charge in [0.2, 0.25) is 0 Å². The second-order valence-corrected chi connectivity index (χ2v) is 8.86. The van der Waals surface area contributed by atoms with E-state index in [1.165, 1.54) is 32.2 Å². The minimum absolute atomic E-state index is 0.0494. The Morgan fingerprint density at radius 1 is 1.24 bits per heavy atom. The van der Waals surface area contributed by atoms with E-state index < -0.39 is 0 Å². The highest BCUT2D eigenvalue weighted by molar-refractivity contribution is 5.80. The van der Waals surface area contributed by atoms with Gasteiger partial charge in [-0.3, -0.25) is 4.99 Å². The van der Waals surface area contributed by atoms with Crippen molar-refractivity contribution in [1.29, 1.82) is 0 Å². The number of nitrogens with zero attached hydrogens (tertiary/aromatic N) is 2. The minimum Gasteiger partial charge on any atom is -0.490 e. The van der Waals surface area contributed by atoms with Gasteiger partial charge in [0.05, 0.1) is 12.6 Å². The van der Waals surface area contributed by atoms with Crippen LogP contribution in [0, 0.1) is 17.7 Å². The zero-order valence-corrected chi connectivity index (χ0v) is 18.4. The summed E-state index contributed by atoms with van der Waals surface area (Å²) in [6, 6.07) is 5.78. The van der Waals surface area contributed by atoms with Gasteiger partial charge in [-0.2, -0.15) is 0 Å². The second kappa shape index (κ2) is 10.3. The molecule has 1 aromatic carbocycles. The Morgan fingerprint density at radius 3 is 2.69 bits per heavy atom. The molecule has 1 aromatic rings. The van der Waals surface area contributed by atoms with Crippen LogP contribution in [0.2, 0.25) is 0 Å². The molecule has 1 saturated carbocycles. The highest BCUT2D eigenvalue weighted by Gasteiger charge is 2.23. The van der Waals surface area contributed by atoms with Gasteiger partial charge >= 0.3 is 0 Å². The first-order valence-electron chi connectivity index (χ1n) is 11.1. The van der Waals surface area contributed by atoms with Crippen LogP contribution in [-0.4, -0.2) is 50.2 Å². The first-order chi connectivity index (χ1) is 14.0. The van der Waals surface area contributed by atoms with Crippen LogP contribution in [-0.2, 0) is 0 Å². The van der Waals surface area contributed by atoms with Crippen LogP contribution in [0.1, 0.15) is 58.1 Å². The molecule has 1 aliphatic carbocycles. The van der Waals surface area contributed by atoms with Gasteiger partial charge in [0.25, 0.3) is 0 Å². The first kappa shape index (κ1) is 21.9. The van der Waals surface area contributed by atoms with Crippen LogP contribution in [0.4, 0.5) is 4.39 Å². The maximum atomic E-state index is 14.4. The predicted molar refractivity (Wildman–Crippen MR) is 117 cm³/mol. The molecule has 1 aliphatic heterocycles. The predicted octanol–water partition coefficient (Wildman–Crippen LogP) is 3.96. The highest BCUT2D eigenvalue weighted by Crippen LogP contribution is 2.30. The summed E-state index contributed by atoms with van der Waals surface area (Å²) in [7, 11) is 1.78. The van der Waals surface area contributed by atoms with E-state index in [9.17, 15) is 4.39 Å². The average molecular weight is 405 g/mol. The molecular formula is C23H37FN4O. The number of hydrogen-bond donors (Lipinski definition) is 2. The number of aliphatic imine (C=N–C) groups is 1. The molecule has 0 amide bonds. The van der Waals surface area contributed by atoms with Crippen molar-refractivity contribution in [2.24, 2.45) is 16.8 Å². The maximum absolute atomic E-state index is 14.4. The quantitative estimate of drug-likeness (QED) is 0.509. The number of halogens is 1. The smallest absolute Gasteiger partial charge is 0.191 e. The van der Waals surface area contributed by atoms with Crippen LogP contribution in [0.3, 0.4) is 0 Å².